The zero-order valence-corrected chi connectivity index (χ0v) is 10.2. The molecule has 0 spiro atoms. The van der Waals surface area contributed by atoms with E-state index in [1.807, 2.05) is 30.3 Å². The molecule has 3 heteroatoms. The van der Waals surface area contributed by atoms with Crippen molar-refractivity contribution in [1.82, 2.24) is 9.55 Å². The van der Waals surface area contributed by atoms with Gasteiger partial charge in [-0.05, 0) is 31.2 Å². The van der Waals surface area contributed by atoms with E-state index >= 15 is 0 Å². The summed E-state index contributed by atoms with van der Waals surface area (Å²) in [6.45, 7) is 2.95. The van der Waals surface area contributed by atoms with Gasteiger partial charge in [-0.25, -0.2) is 4.98 Å². The van der Waals surface area contributed by atoms with E-state index in [4.69, 9.17) is 0 Å². The van der Waals surface area contributed by atoms with Crippen molar-refractivity contribution in [2.75, 3.05) is 0 Å². The van der Waals surface area contributed by atoms with E-state index in [0.717, 1.165) is 29.0 Å². The van der Waals surface area contributed by atoms with E-state index in [1.165, 1.54) is 0 Å². The molecule has 0 aliphatic heterocycles. The quantitative estimate of drug-likeness (QED) is 0.742. The van der Waals surface area contributed by atoms with Crippen LogP contribution in [-0.4, -0.2) is 14.7 Å². The minimum atomic E-state index is 0.266. The minimum Gasteiger partial charge on any atom is -0.508 e. The molecule has 1 aromatic heterocycles. The number of aryl methyl sites for hydroxylation is 1. The van der Waals surface area contributed by atoms with E-state index in [0.29, 0.717) is 0 Å². The van der Waals surface area contributed by atoms with Gasteiger partial charge in [-0.15, -0.1) is 0 Å². The highest BCUT2D eigenvalue weighted by molar-refractivity contribution is 5.80. The highest BCUT2D eigenvalue weighted by Gasteiger charge is 2.10. The third-order valence-corrected chi connectivity index (χ3v) is 3.08. The van der Waals surface area contributed by atoms with Crippen molar-refractivity contribution in [3.8, 4) is 17.1 Å². The molecule has 1 heterocycles. The van der Waals surface area contributed by atoms with Crippen molar-refractivity contribution < 1.29 is 5.11 Å². The number of hydrogen-bond donors (Lipinski definition) is 1. The number of rotatable bonds is 2. The fourth-order valence-corrected chi connectivity index (χ4v) is 2.26. The van der Waals surface area contributed by atoms with Crippen LogP contribution in [-0.2, 0) is 6.54 Å². The summed E-state index contributed by atoms with van der Waals surface area (Å²) in [6, 6.07) is 15.3. The standard InChI is InChI=1S/C15H14N2O/c1-2-17-14-9-4-3-8-13(14)16-15(17)11-6-5-7-12(18)10-11/h3-10,18H,2H2,1H3. The lowest BCUT2D eigenvalue weighted by molar-refractivity contribution is 0.475. The number of phenols is 1. The lowest BCUT2D eigenvalue weighted by atomic mass is 10.2. The second-order valence-electron chi connectivity index (χ2n) is 4.22. The van der Waals surface area contributed by atoms with Crippen LogP contribution in [0.4, 0.5) is 0 Å². The molecule has 0 radical (unpaired) electrons. The van der Waals surface area contributed by atoms with Gasteiger partial charge in [0.1, 0.15) is 11.6 Å². The fourth-order valence-electron chi connectivity index (χ4n) is 2.26. The predicted octanol–water partition coefficient (Wildman–Crippen LogP) is 3.43. The molecule has 3 nitrogen and oxygen atoms in total. The maximum absolute atomic E-state index is 9.58. The molecule has 18 heavy (non-hydrogen) atoms. The average molecular weight is 238 g/mol. The molecule has 3 rings (SSSR count). The molecule has 90 valence electrons. The molecule has 0 saturated heterocycles. The van der Waals surface area contributed by atoms with Crippen LogP contribution in [0, 0.1) is 0 Å². The first-order chi connectivity index (χ1) is 8.79. The normalized spacial score (nSPS) is 10.9. The molecule has 0 amide bonds. The smallest absolute Gasteiger partial charge is 0.141 e. The third kappa shape index (κ3) is 1.64. The van der Waals surface area contributed by atoms with Crippen molar-refractivity contribution in [2.24, 2.45) is 0 Å². The van der Waals surface area contributed by atoms with Crippen molar-refractivity contribution >= 4 is 11.0 Å². The first kappa shape index (κ1) is 10.8. The second kappa shape index (κ2) is 4.18. The maximum Gasteiger partial charge on any atom is 0.141 e. The maximum atomic E-state index is 9.58. The molecule has 0 unspecified atom stereocenters. The SMILES string of the molecule is CCn1c(-c2cccc(O)c2)nc2ccccc21. The van der Waals surface area contributed by atoms with Gasteiger partial charge in [-0.1, -0.05) is 24.3 Å². The number of hydrogen-bond acceptors (Lipinski definition) is 2. The number of para-hydroxylation sites is 2. The molecule has 2 aromatic carbocycles. The van der Waals surface area contributed by atoms with Gasteiger partial charge in [0.2, 0.25) is 0 Å². The summed E-state index contributed by atoms with van der Waals surface area (Å²) in [5, 5.41) is 9.58. The van der Waals surface area contributed by atoms with Gasteiger partial charge < -0.3 is 9.67 Å². The Morgan fingerprint density at radius 2 is 1.94 bits per heavy atom. The zero-order valence-electron chi connectivity index (χ0n) is 10.2. The van der Waals surface area contributed by atoms with Crippen LogP contribution in [0.1, 0.15) is 6.92 Å². The molecule has 1 N–H and O–H groups in total. The van der Waals surface area contributed by atoms with Crippen LogP contribution < -0.4 is 0 Å². The van der Waals surface area contributed by atoms with Gasteiger partial charge in [0.05, 0.1) is 11.0 Å². The second-order valence-corrected chi connectivity index (χ2v) is 4.22. The van der Waals surface area contributed by atoms with Crippen molar-refractivity contribution in [3.05, 3.63) is 48.5 Å². The Morgan fingerprint density at radius 3 is 2.72 bits per heavy atom. The van der Waals surface area contributed by atoms with Gasteiger partial charge in [-0.3, -0.25) is 0 Å². The highest BCUT2D eigenvalue weighted by Crippen LogP contribution is 2.26. The predicted molar refractivity (Wildman–Crippen MR) is 72.5 cm³/mol. The highest BCUT2D eigenvalue weighted by atomic mass is 16.3. The summed E-state index contributed by atoms with van der Waals surface area (Å²) >= 11 is 0. The van der Waals surface area contributed by atoms with E-state index in [-0.39, 0.29) is 5.75 Å². The molecule has 0 aliphatic rings. The average Bonchev–Trinajstić information content (AvgIpc) is 2.77. The minimum absolute atomic E-state index is 0.266. The fraction of sp³-hybridized carbons (Fsp3) is 0.133. The van der Waals surface area contributed by atoms with Crippen molar-refractivity contribution in [1.29, 1.82) is 0 Å². The number of aromatic hydroxyl groups is 1. The summed E-state index contributed by atoms with van der Waals surface area (Å²) in [4.78, 5) is 4.65. The molecule has 3 aromatic rings. The number of fused-ring (bicyclic) bond motifs is 1. The van der Waals surface area contributed by atoms with E-state index in [9.17, 15) is 5.11 Å². The Kier molecular flexibility index (Phi) is 2.52. The van der Waals surface area contributed by atoms with Gasteiger partial charge in [0.15, 0.2) is 0 Å². The Labute approximate surface area is 105 Å². The first-order valence-electron chi connectivity index (χ1n) is 6.04. The largest absolute Gasteiger partial charge is 0.508 e. The van der Waals surface area contributed by atoms with Crippen LogP contribution in [0.2, 0.25) is 0 Å². The topological polar surface area (TPSA) is 38.0 Å². The summed E-state index contributed by atoms with van der Waals surface area (Å²) in [6.07, 6.45) is 0. The Balaban J connectivity index is 2.28. The van der Waals surface area contributed by atoms with Crippen molar-refractivity contribution in [2.45, 2.75) is 13.5 Å². The molecule has 0 bridgehead atoms. The molecule has 0 saturated carbocycles. The van der Waals surface area contributed by atoms with Crippen LogP contribution in [0.5, 0.6) is 5.75 Å². The van der Waals surface area contributed by atoms with Crippen LogP contribution >= 0.6 is 0 Å². The Morgan fingerprint density at radius 1 is 1.11 bits per heavy atom. The lowest BCUT2D eigenvalue weighted by Crippen LogP contribution is -1.97. The molecule has 0 aliphatic carbocycles. The van der Waals surface area contributed by atoms with Gasteiger partial charge in [-0.2, -0.15) is 0 Å². The molecule has 0 atom stereocenters. The van der Waals surface area contributed by atoms with E-state index in [1.54, 1.807) is 12.1 Å². The van der Waals surface area contributed by atoms with Crippen LogP contribution in [0.3, 0.4) is 0 Å². The number of aromatic nitrogens is 2. The number of benzene rings is 2. The summed E-state index contributed by atoms with van der Waals surface area (Å²) in [7, 11) is 0. The van der Waals surface area contributed by atoms with Crippen LogP contribution in [0.25, 0.3) is 22.4 Å². The monoisotopic (exact) mass is 238 g/mol. The first-order valence-corrected chi connectivity index (χ1v) is 6.04. The summed E-state index contributed by atoms with van der Waals surface area (Å²) < 4.78 is 2.16. The molecule has 0 fully saturated rings. The Hall–Kier alpha value is -2.29. The summed E-state index contributed by atoms with van der Waals surface area (Å²) in [5.74, 6) is 1.16. The lowest BCUT2D eigenvalue weighted by Gasteiger charge is -2.06. The zero-order chi connectivity index (χ0) is 12.5. The van der Waals surface area contributed by atoms with Crippen LogP contribution in [0.15, 0.2) is 48.5 Å². The number of imidazole rings is 1. The Bertz CT molecular complexity index is 701. The van der Waals surface area contributed by atoms with Crippen molar-refractivity contribution in [3.63, 3.8) is 0 Å². The molecular weight excluding hydrogens is 224 g/mol. The summed E-state index contributed by atoms with van der Waals surface area (Å²) in [5.41, 5.74) is 3.05. The van der Waals surface area contributed by atoms with E-state index in [2.05, 4.69) is 22.5 Å². The number of nitrogens with zero attached hydrogens (tertiary/aromatic N) is 2. The number of phenolic OH excluding ortho intramolecular Hbond substituents is 1. The molecular formula is C15H14N2O. The van der Waals surface area contributed by atoms with Gasteiger partial charge >= 0.3 is 0 Å². The van der Waals surface area contributed by atoms with E-state index < -0.39 is 0 Å². The van der Waals surface area contributed by atoms with Gasteiger partial charge in [0, 0.05) is 12.1 Å². The third-order valence-electron chi connectivity index (χ3n) is 3.08. The van der Waals surface area contributed by atoms with Gasteiger partial charge in [0.25, 0.3) is 0 Å².